The highest BCUT2D eigenvalue weighted by Crippen LogP contribution is 2.29. The van der Waals surface area contributed by atoms with Gasteiger partial charge in [0.25, 0.3) is 0 Å². The molecule has 2 rings (SSSR count). The lowest BCUT2D eigenvalue weighted by molar-refractivity contribution is 0.279. The molecule has 0 aliphatic carbocycles. The van der Waals surface area contributed by atoms with Gasteiger partial charge in [0.15, 0.2) is 5.16 Å². The third kappa shape index (κ3) is 2.81. The Morgan fingerprint density at radius 2 is 2.00 bits per heavy atom. The lowest BCUT2D eigenvalue weighted by atomic mass is 10.2. The predicted molar refractivity (Wildman–Crippen MR) is 66.2 cm³/mol. The minimum Gasteiger partial charge on any atom is -0.392 e. The van der Waals surface area contributed by atoms with Crippen LogP contribution in [-0.2, 0) is 6.61 Å². The molecule has 0 saturated carbocycles. The fourth-order valence-corrected chi connectivity index (χ4v) is 2.43. The van der Waals surface area contributed by atoms with Gasteiger partial charge in [-0.15, -0.1) is 0 Å². The average Bonchev–Trinajstić information content (AvgIpc) is 2.33. The largest absolute Gasteiger partial charge is 0.392 e. The van der Waals surface area contributed by atoms with Crippen molar-refractivity contribution < 1.29 is 5.11 Å². The minimum atomic E-state index is 0.00854. The predicted octanol–water partition coefficient (Wildman–Crippen LogP) is 2.88. The second-order valence-electron chi connectivity index (χ2n) is 3.04. The van der Waals surface area contributed by atoms with Gasteiger partial charge in [0, 0.05) is 21.8 Å². The molecule has 1 aromatic carbocycles. The zero-order valence-electron chi connectivity index (χ0n) is 8.30. The topological polar surface area (TPSA) is 46.0 Å². The molecular formula is C11H9BrN2OS. The molecule has 0 saturated heterocycles. The molecule has 0 spiro atoms. The number of aliphatic hydroxyl groups is 1. The zero-order valence-corrected chi connectivity index (χ0v) is 10.7. The minimum absolute atomic E-state index is 0.00854. The van der Waals surface area contributed by atoms with Gasteiger partial charge >= 0.3 is 0 Å². The molecule has 1 aromatic heterocycles. The van der Waals surface area contributed by atoms with Crippen molar-refractivity contribution in [1.82, 2.24) is 9.97 Å². The summed E-state index contributed by atoms with van der Waals surface area (Å²) in [6, 6.07) is 7.55. The molecule has 0 aliphatic heterocycles. The number of benzene rings is 1. The van der Waals surface area contributed by atoms with E-state index in [1.54, 1.807) is 18.5 Å². The first-order valence-corrected chi connectivity index (χ1v) is 6.24. The van der Waals surface area contributed by atoms with E-state index in [1.165, 1.54) is 11.8 Å². The molecule has 1 heterocycles. The van der Waals surface area contributed by atoms with Gasteiger partial charge < -0.3 is 5.11 Å². The van der Waals surface area contributed by atoms with E-state index in [0.29, 0.717) is 5.16 Å². The summed E-state index contributed by atoms with van der Waals surface area (Å²) < 4.78 is 0.954. The summed E-state index contributed by atoms with van der Waals surface area (Å²) >= 11 is 4.82. The van der Waals surface area contributed by atoms with Crippen molar-refractivity contribution in [2.45, 2.75) is 16.7 Å². The summed E-state index contributed by atoms with van der Waals surface area (Å²) in [6.07, 6.45) is 3.40. The summed E-state index contributed by atoms with van der Waals surface area (Å²) in [7, 11) is 0. The van der Waals surface area contributed by atoms with E-state index in [1.807, 2.05) is 18.2 Å². The van der Waals surface area contributed by atoms with Crippen molar-refractivity contribution in [2.24, 2.45) is 0 Å². The summed E-state index contributed by atoms with van der Waals surface area (Å²) in [6.45, 7) is 0.00854. The quantitative estimate of drug-likeness (QED) is 0.885. The normalized spacial score (nSPS) is 10.4. The molecule has 0 amide bonds. The standard InChI is InChI=1S/C11H9BrN2OS/c12-9-2-3-10(8(6-9)7-15)16-11-13-4-1-5-14-11/h1-6,15H,7H2. The number of hydrogen-bond donors (Lipinski definition) is 1. The third-order valence-electron chi connectivity index (χ3n) is 1.94. The van der Waals surface area contributed by atoms with E-state index < -0.39 is 0 Å². The van der Waals surface area contributed by atoms with Gasteiger partial charge in [-0.05, 0) is 41.6 Å². The van der Waals surface area contributed by atoms with Crippen LogP contribution in [0.15, 0.2) is 51.2 Å². The van der Waals surface area contributed by atoms with E-state index in [-0.39, 0.29) is 6.61 Å². The van der Waals surface area contributed by atoms with Crippen LogP contribution in [0.2, 0.25) is 0 Å². The Morgan fingerprint density at radius 1 is 1.25 bits per heavy atom. The van der Waals surface area contributed by atoms with Crippen LogP contribution in [0.3, 0.4) is 0 Å². The molecule has 0 unspecified atom stereocenters. The van der Waals surface area contributed by atoms with Crippen LogP contribution in [0.4, 0.5) is 0 Å². The smallest absolute Gasteiger partial charge is 0.192 e. The molecule has 0 atom stereocenters. The maximum atomic E-state index is 9.25. The first-order chi connectivity index (χ1) is 7.79. The molecular weight excluding hydrogens is 288 g/mol. The maximum Gasteiger partial charge on any atom is 0.192 e. The number of halogens is 1. The van der Waals surface area contributed by atoms with Crippen LogP contribution in [0.25, 0.3) is 0 Å². The highest BCUT2D eigenvalue weighted by Gasteiger charge is 2.05. The van der Waals surface area contributed by atoms with Gasteiger partial charge in [-0.25, -0.2) is 9.97 Å². The highest BCUT2D eigenvalue weighted by molar-refractivity contribution is 9.10. The Balaban J connectivity index is 2.28. The van der Waals surface area contributed by atoms with Crippen LogP contribution in [-0.4, -0.2) is 15.1 Å². The Bertz CT molecular complexity index is 479. The van der Waals surface area contributed by atoms with Gasteiger partial charge in [0.05, 0.1) is 6.61 Å². The number of nitrogens with zero attached hydrogens (tertiary/aromatic N) is 2. The molecule has 0 radical (unpaired) electrons. The van der Waals surface area contributed by atoms with Crippen molar-refractivity contribution >= 4 is 27.7 Å². The third-order valence-corrected chi connectivity index (χ3v) is 3.44. The van der Waals surface area contributed by atoms with E-state index in [4.69, 9.17) is 0 Å². The number of rotatable bonds is 3. The van der Waals surface area contributed by atoms with Crippen molar-refractivity contribution in [3.05, 3.63) is 46.7 Å². The van der Waals surface area contributed by atoms with E-state index in [0.717, 1.165) is 14.9 Å². The van der Waals surface area contributed by atoms with Gasteiger partial charge in [0.1, 0.15) is 0 Å². The van der Waals surface area contributed by atoms with E-state index >= 15 is 0 Å². The Kier molecular flexibility index (Phi) is 3.93. The maximum absolute atomic E-state index is 9.25. The van der Waals surface area contributed by atoms with Crippen LogP contribution in [0, 0.1) is 0 Å². The molecule has 1 N–H and O–H groups in total. The lowest BCUT2D eigenvalue weighted by Crippen LogP contribution is -1.89. The molecule has 0 bridgehead atoms. The molecule has 5 heteroatoms. The van der Waals surface area contributed by atoms with Gasteiger partial charge in [0.2, 0.25) is 0 Å². The summed E-state index contributed by atoms with van der Waals surface area (Å²) in [5.74, 6) is 0. The number of aliphatic hydroxyl groups excluding tert-OH is 1. The fourth-order valence-electron chi connectivity index (χ4n) is 1.21. The van der Waals surface area contributed by atoms with Gasteiger partial charge in [-0.3, -0.25) is 0 Å². The second-order valence-corrected chi connectivity index (χ2v) is 4.97. The Hall–Kier alpha value is -0.910. The van der Waals surface area contributed by atoms with Gasteiger partial charge in [-0.2, -0.15) is 0 Å². The molecule has 16 heavy (non-hydrogen) atoms. The van der Waals surface area contributed by atoms with Crippen LogP contribution in [0.1, 0.15) is 5.56 Å². The molecule has 82 valence electrons. The van der Waals surface area contributed by atoms with Crippen LogP contribution in [0.5, 0.6) is 0 Å². The summed E-state index contributed by atoms with van der Waals surface area (Å²) in [5, 5.41) is 9.93. The zero-order chi connectivity index (χ0) is 11.4. The molecule has 2 aromatic rings. The van der Waals surface area contributed by atoms with Gasteiger partial charge in [-0.1, -0.05) is 15.9 Å². The van der Waals surface area contributed by atoms with E-state index in [9.17, 15) is 5.11 Å². The monoisotopic (exact) mass is 296 g/mol. The molecule has 3 nitrogen and oxygen atoms in total. The average molecular weight is 297 g/mol. The Morgan fingerprint density at radius 3 is 2.69 bits per heavy atom. The van der Waals surface area contributed by atoms with Crippen molar-refractivity contribution in [3.63, 3.8) is 0 Å². The summed E-state index contributed by atoms with van der Waals surface area (Å²) in [5.41, 5.74) is 0.867. The Labute approximate surface area is 106 Å². The van der Waals surface area contributed by atoms with Crippen molar-refractivity contribution in [3.8, 4) is 0 Å². The summed E-state index contributed by atoms with van der Waals surface area (Å²) in [4.78, 5) is 9.23. The van der Waals surface area contributed by atoms with Crippen LogP contribution >= 0.6 is 27.7 Å². The first kappa shape index (κ1) is 11.6. The molecule has 0 fully saturated rings. The van der Waals surface area contributed by atoms with E-state index in [2.05, 4.69) is 25.9 Å². The number of aromatic nitrogens is 2. The SMILES string of the molecule is OCc1cc(Br)ccc1Sc1ncccn1. The van der Waals surface area contributed by atoms with Crippen LogP contribution < -0.4 is 0 Å². The molecule has 0 aliphatic rings. The fraction of sp³-hybridized carbons (Fsp3) is 0.0909. The number of hydrogen-bond acceptors (Lipinski definition) is 4. The lowest BCUT2D eigenvalue weighted by Gasteiger charge is -2.06. The van der Waals surface area contributed by atoms with Crippen molar-refractivity contribution in [1.29, 1.82) is 0 Å². The second kappa shape index (κ2) is 5.43. The first-order valence-electron chi connectivity index (χ1n) is 4.64. The van der Waals surface area contributed by atoms with Crippen molar-refractivity contribution in [2.75, 3.05) is 0 Å². The highest BCUT2D eigenvalue weighted by atomic mass is 79.9.